The van der Waals surface area contributed by atoms with Crippen molar-refractivity contribution in [3.8, 4) is 0 Å². The summed E-state index contributed by atoms with van der Waals surface area (Å²) in [5, 5.41) is 19.2. The number of hydrogen-bond donors (Lipinski definition) is 2. The highest BCUT2D eigenvalue weighted by molar-refractivity contribution is 5.06. The summed E-state index contributed by atoms with van der Waals surface area (Å²) in [7, 11) is 0. The third-order valence-electron chi connectivity index (χ3n) is 3.17. The third kappa shape index (κ3) is 2.05. The molecule has 96 valence electrons. The van der Waals surface area contributed by atoms with E-state index in [0.717, 1.165) is 0 Å². The molecule has 1 unspecified atom stereocenters. The van der Waals surface area contributed by atoms with Crippen LogP contribution in [0.4, 0.5) is 0 Å². The number of aliphatic hydroxyl groups is 2. The molecular formula is C11H17NO5. The normalized spacial score (nSPS) is 43.4. The molecule has 0 bridgehead atoms. The van der Waals surface area contributed by atoms with Crippen LogP contribution in [0.5, 0.6) is 0 Å². The maximum atomic E-state index is 10.2. The van der Waals surface area contributed by atoms with Gasteiger partial charge >= 0.3 is 0 Å². The molecule has 2 N–H and O–H groups in total. The van der Waals surface area contributed by atoms with Gasteiger partial charge in [0.15, 0.2) is 17.7 Å². The molecule has 0 aromatic carbocycles. The Kier molecular flexibility index (Phi) is 3.14. The van der Waals surface area contributed by atoms with E-state index in [2.05, 4.69) is 4.85 Å². The van der Waals surface area contributed by atoms with Crippen molar-refractivity contribution in [2.75, 3.05) is 13.2 Å². The highest BCUT2D eigenvalue weighted by Gasteiger charge is 2.62. The van der Waals surface area contributed by atoms with Gasteiger partial charge in [-0.15, -0.1) is 0 Å². The monoisotopic (exact) mass is 243 g/mol. The highest BCUT2D eigenvalue weighted by atomic mass is 16.8. The quantitative estimate of drug-likeness (QED) is 0.677. The summed E-state index contributed by atoms with van der Waals surface area (Å²) < 4.78 is 16.7. The summed E-state index contributed by atoms with van der Waals surface area (Å²) in [5.41, 5.74) is -1.08. The smallest absolute Gasteiger partial charge is 0.246 e. The Hall–Kier alpha value is -0.710. The van der Waals surface area contributed by atoms with E-state index in [0.29, 0.717) is 0 Å². The van der Waals surface area contributed by atoms with Gasteiger partial charge in [0.25, 0.3) is 0 Å². The molecule has 4 atom stereocenters. The lowest BCUT2D eigenvalue weighted by Gasteiger charge is -2.29. The molecular weight excluding hydrogens is 226 g/mol. The number of fused-ring (bicyclic) bond motifs is 1. The second kappa shape index (κ2) is 4.19. The minimum absolute atomic E-state index is 0.0190. The molecule has 17 heavy (non-hydrogen) atoms. The summed E-state index contributed by atoms with van der Waals surface area (Å²) in [5.74, 6) is -0.792. The highest BCUT2D eigenvalue weighted by Crippen LogP contribution is 2.43. The number of hydrogen-bond acceptors (Lipinski definition) is 5. The molecule has 0 amide bonds. The van der Waals surface area contributed by atoms with Crippen LogP contribution in [-0.4, -0.2) is 53.3 Å². The summed E-state index contributed by atoms with van der Waals surface area (Å²) in [6.07, 6.45) is -2.04. The van der Waals surface area contributed by atoms with Gasteiger partial charge in [0.1, 0.15) is 12.2 Å². The first-order chi connectivity index (χ1) is 7.94. The summed E-state index contributed by atoms with van der Waals surface area (Å²) in [6, 6.07) is 0. The van der Waals surface area contributed by atoms with Crippen LogP contribution in [0, 0.1) is 6.57 Å². The lowest BCUT2D eigenvalue weighted by Crippen LogP contribution is -2.47. The van der Waals surface area contributed by atoms with E-state index in [4.69, 9.17) is 25.9 Å². The zero-order valence-electron chi connectivity index (χ0n) is 9.92. The van der Waals surface area contributed by atoms with Crippen molar-refractivity contribution >= 4 is 0 Å². The molecule has 2 heterocycles. The zero-order valence-corrected chi connectivity index (χ0v) is 9.92. The molecule has 2 rings (SSSR count). The van der Waals surface area contributed by atoms with Crippen molar-refractivity contribution in [2.24, 2.45) is 0 Å². The molecule has 0 spiro atoms. The topological polar surface area (TPSA) is 72.5 Å². The van der Waals surface area contributed by atoms with Crippen LogP contribution < -0.4 is 0 Å². The Bertz CT molecular complexity index is 339. The maximum Gasteiger partial charge on any atom is 0.246 e. The Balaban J connectivity index is 2.17. The van der Waals surface area contributed by atoms with Crippen LogP contribution >= 0.6 is 0 Å². The van der Waals surface area contributed by atoms with E-state index in [1.807, 2.05) is 0 Å². The van der Waals surface area contributed by atoms with Crippen molar-refractivity contribution < 1.29 is 24.4 Å². The van der Waals surface area contributed by atoms with Crippen molar-refractivity contribution in [3.05, 3.63) is 11.4 Å². The molecule has 0 radical (unpaired) electrons. The Labute approximate surface area is 99.9 Å². The fourth-order valence-electron chi connectivity index (χ4n) is 2.40. The molecule has 0 aromatic rings. The summed E-state index contributed by atoms with van der Waals surface area (Å²) >= 11 is 0. The second-order valence-corrected chi connectivity index (χ2v) is 4.89. The van der Waals surface area contributed by atoms with Gasteiger partial charge in [-0.3, -0.25) is 0 Å². The van der Waals surface area contributed by atoms with E-state index < -0.39 is 29.9 Å². The number of ether oxygens (including phenoxy) is 3. The Morgan fingerprint density at radius 2 is 2.00 bits per heavy atom. The van der Waals surface area contributed by atoms with Crippen molar-refractivity contribution in [3.63, 3.8) is 0 Å². The SMILES string of the molecule is [C-]#[N+]C[C@]1(CCO)O[C@H]2OC(C)(C)OC2[C@H]1O. The third-order valence-corrected chi connectivity index (χ3v) is 3.17. The van der Waals surface area contributed by atoms with Gasteiger partial charge < -0.3 is 29.3 Å². The summed E-state index contributed by atoms with van der Waals surface area (Å²) in [6.45, 7) is 10.2. The van der Waals surface area contributed by atoms with Crippen molar-refractivity contribution in [1.82, 2.24) is 0 Å². The number of aliphatic hydroxyl groups excluding tert-OH is 2. The first kappa shape index (κ1) is 12.7. The van der Waals surface area contributed by atoms with E-state index in [9.17, 15) is 5.11 Å². The standard InChI is InChI=1S/C11H17NO5/c1-10(2)15-7-8(14)11(4-5-13,6-12-3)17-9(7)16-10/h7-9,13-14H,4-6H2,1-2H3/t7?,8-,9-,11+/m1/s1. The van der Waals surface area contributed by atoms with Gasteiger partial charge in [0.05, 0.1) is 0 Å². The van der Waals surface area contributed by atoms with Gasteiger partial charge in [-0.2, -0.15) is 0 Å². The van der Waals surface area contributed by atoms with Gasteiger partial charge in [0, 0.05) is 13.0 Å². The van der Waals surface area contributed by atoms with E-state index >= 15 is 0 Å². The molecule has 2 aliphatic rings. The van der Waals surface area contributed by atoms with Gasteiger partial charge in [-0.25, -0.2) is 6.57 Å². The zero-order chi connectivity index (χ0) is 12.7. The van der Waals surface area contributed by atoms with Gasteiger partial charge in [-0.05, 0) is 13.8 Å². The van der Waals surface area contributed by atoms with Crippen LogP contribution in [0.1, 0.15) is 20.3 Å². The Morgan fingerprint density at radius 1 is 1.29 bits per heavy atom. The van der Waals surface area contributed by atoms with Crippen LogP contribution in [0.2, 0.25) is 0 Å². The van der Waals surface area contributed by atoms with Crippen LogP contribution in [0.25, 0.3) is 4.85 Å². The first-order valence-electron chi connectivity index (χ1n) is 5.60. The number of nitrogens with zero attached hydrogens (tertiary/aromatic N) is 1. The fourth-order valence-corrected chi connectivity index (χ4v) is 2.40. The van der Waals surface area contributed by atoms with Crippen LogP contribution in [-0.2, 0) is 14.2 Å². The Morgan fingerprint density at radius 3 is 2.53 bits per heavy atom. The lowest BCUT2D eigenvalue weighted by atomic mass is 9.92. The second-order valence-electron chi connectivity index (χ2n) is 4.89. The fraction of sp³-hybridized carbons (Fsp3) is 0.909. The maximum absolute atomic E-state index is 10.2. The largest absolute Gasteiger partial charge is 0.396 e. The predicted molar refractivity (Wildman–Crippen MR) is 56.8 cm³/mol. The van der Waals surface area contributed by atoms with Gasteiger partial charge in [0.2, 0.25) is 6.54 Å². The molecule has 0 aliphatic carbocycles. The van der Waals surface area contributed by atoms with Crippen LogP contribution in [0.15, 0.2) is 0 Å². The molecule has 6 heteroatoms. The van der Waals surface area contributed by atoms with Crippen molar-refractivity contribution in [1.29, 1.82) is 0 Å². The molecule has 6 nitrogen and oxygen atoms in total. The number of rotatable bonds is 3. The molecule has 0 aromatic heterocycles. The average molecular weight is 243 g/mol. The first-order valence-corrected chi connectivity index (χ1v) is 5.60. The summed E-state index contributed by atoms with van der Waals surface area (Å²) in [4.78, 5) is 3.27. The molecule has 0 saturated carbocycles. The molecule has 2 saturated heterocycles. The van der Waals surface area contributed by atoms with Crippen LogP contribution in [0.3, 0.4) is 0 Å². The average Bonchev–Trinajstić information content (AvgIpc) is 2.63. The van der Waals surface area contributed by atoms with E-state index in [1.165, 1.54) is 0 Å². The molecule has 2 aliphatic heterocycles. The minimum Gasteiger partial charge on any atom is -0.396 e. The molecule has 2 fully saturated rings. The van der Waals surface area contributed by atoms with E-state index in [-0.39, 0.29) is 19.6 Å². The van der Waals surface area contributed by atoms with E-state index in [1.54, 1.807) is 13.8 Å². The van der Waals surface area contributed by atoms with Crippen molar-refractivity contribution in [2.45, 2.75) is 50.2 Å². The minimum atomic E-state index is -1.08. The lowest BCUT2D eigenvalue weighted by molar-refractivity contribution is -0.238. The van der Waals surface area contributed by atoms with Gasteiger partial charge in [-0.1, -0.05) is 0 Å². The predicted octanol–water partition coefficient (Wildman–Crippen LogP) is -0.104.